The fourth-order valence-electron chi connectivity index (χ4n) is 1.29. The van der Waals surface area contributed by atoms with Crippen molar-refractivity contribution < 1.29 is 14.6 Å². The predicted molar refractivity (Wildman–Crippen MR) is 78.2 cm³/mol. The molecule has 0 saturated carbocycles. The number of amides is 1. The maximum atomic E-state index is 11.5. The maximum absolute atomic E-state index is 11.5. The largest absolute Gasteiger partial charge is 0.493 e. The van der Waals surface area contributed by atoms with Gasteiger partial charge in [0.1, 0.15) is 5.75 Å². The van der Waals surface area contributed by atoms with Gasteiger partial charge in [0.15, 0.2) is 0 Å². The van der Waals surface area contributed by atoms with E-state index in [0.29, 0.717) is 13.0 Å². The molecule has 0 fully saturated rings. The second-order valence-electron chi connectivity index (χ2n) is 4.68. The number of nitrogens with one attached hydrogen (secondary N) is 1. The van der Waals surface area contributed by atoms with Crippen LogP contribution in [0.3, 0.4) is 0 Å². The van der Waals surface area contributed by atoms with Crippen molar-refractivity contribution in [2.24, 2.45) is 0 Å². The highest BCUT2D eigenvalue weighted by Crippen LogP contribution is 2.16. The van der Waals surface area contributed by atoms with Gasteiger partial charge in [0, 0.05) is 11.0 Å². The topological polar surface area (TPSA) is 58.6 Å². The van der Waals surface area contributed by atoms with Gasteiger partial charge in [0.25, 0.3) is 0 Å². The van der Waals surface area contributed by atoms with Crippen molar-refractivity contribution in [3.8, 4) is 5.75 Å². The van der Waals surface area contributed by atoms with Gasteiger partial charge < -0.3 is 15.2 Å². The van der Waals surface area contributed by atoms with Crippen LogP contribution in [0.1, 0.15) is 26.7 Å². The first-order chi connectivity index (χ1) is 8.93. The average Bonchev–Trinajstić information content (AvgIpc) is 2.39. The lowest BCUT2D eigenvalue weighted by Gasteiger charge is -2.21. The van der Waals surface area contributed by atoms with E-state index in [4.69, 9.17) is 4.74 Å². The fourth-order valence-corrected chi connectivity index (χ4v) is 1.56. The Kier molecular flexibility index (Phi) is 6.31. The van der Waals surface area contributed by atoms with Gasteiger partial charge >= 0.3 is 0 Å². The van der Waals surface area contributed by atoms with E-state index in [1.165, 1.54) is 0 Å². The summed E-state index contributed by atoms with van der Waals surface area (Å²) in [7, 11) is 0. The Bertz CT molecular complexity index is 404. The zero-order chi connectivity index (χ0) is 14.3. The Morgan fingerprint density at radius 2 is 2.05 bits per heavy atom. The molecule has 0 saturated heterocycles. The molecule has 5 heteroatoms. The Hall–Kier alpha value is -1.07. The van der Waals surface area contributed by atoms with Crippen molar-refractivity contribution in [2.45, 2.75) is 32.3 Å². The summed E-state index contributed by atoms with van der Waals surface area (Å²) in [6, 6.07) is 7.44. The van der Waals surface area contributed by atoms with E-state index in [2.05, 4.69) is 21.2 Å². The van der Waals surface area contributed by atoms with E-state index in [1.54, 1.807) is 6.92 Å². The SMILES string of the molecule is CCC(C)(O)CNC(=O)CCOc1ccc(Br)cc1. The molecule has 106 valence electrons. The van der Waals surface area contributed by atoms with Crippen molar-refractivity contribution in [1.29, 1.82) is 0 Å². The Morgan fingerprint density at radius 3 is 2.63 bits per heavy atom. The summed E-state index contributed by atoms with van der Waals surface area (Å²) >= 11 is 3.34. The number of hydrogen-bond donors (Lipinski definition) is 2. The van der Waals surface area contributed by atoms with Crippen LogP contribution in [0.15, 0.2) is 28.7 Å². The zero-order valence-electron chi connectivity index (χ0n) is 11.3. The van der Waals surface area contributed by atoms with Crippen LogP contribution in [0, 0.1) is 0 Å². The first kappa shape index (κ1) is 16.0. The van der Waals surface area contributed by atoms with Crippen molar-refractivity contribution in [3.05, 3.63) is 28.7 Å². The Morgan fingerprint density at radius 1 is 1.42 bits per heavy atom. The third-order valence-corrected chi connectivity index (χ3v) is 3.37. The van der Waals surface area contributed by atoms with Crippen LogP contribution in [0.2, 0.25) is 0 Å². The fraction of sp³-hybridized carbons (Fsp3) is 0.500. The molecule has 1 rings (SSSR count). The molecule has 0 spiro atoms. The molecule has 0 aliphatic heterocycles. The van der Waals surface area contributed by atoms with Gasteiger partial charge in [0.05, 0.1) is 18.6 Å². The number of ether oxygens (including phenoxy) is 1. The van der Waals surface area contributed by atoms with Gasteiger partial charge in [-0.25, -0.2) is 0 Å². The third-order valence-electron chi connectivity index (χ3n) is 2.84. The van der Waals surface area contributed by atoms with Crippen LogP contribution in [0.25, 0.3) is 0 Å². The number of benzene rings is 1. The lowest BCUT2D eigenvalue weighted by molar-refractivity contribution is -0.122. The molecule has 0 aliphatic rings. The summed E-state index contributed by atoms with van der Waals surface area (Å²) in [4.78, 5) is 11.5. The highest BCUT2D eigenvalue weighted by molar-refractivity contribution is 9.10. The van der Waals surface area contributed by atoms with Crippen molar-refractivity contribution in [1.82, 2.24) is 5.32 Å². The summed E-state index contributed by atoms with van der Waals surface area (Å²) in [5.41, 5.74) is -0.845. The molecular weight excluding hydrogens is 310 g/mol. The normalized spacial score (nSPS) is 13.7. The second-order valence-corrected chi connectivity index (χ2v) is 5.60. The molecule has 1 atom stereocenters. The highest BCUT2D eigenvalue weighted by atomic mass is 79.9. The van der Waals surface area contributed by atoms with Crippen LogP contribution in [0.4, 0.5) is 0 Å². The van der Waals surface area contributed by atoms with Gasteiger partial charge in [-0.15, -0.1) is 0 Å². The van der Waals surface area contributed by atoms with E-state index in [-0.39, 0.29) is 18.9 Å². The van der Waals surface area contributed by atoms with E-state index in [1.807, 2.05) is 31.2 Å². The third kappa shape index (κ3) is 6.59. The number of carbonyl (C=O) groups is 1. The van der Waals surface area contributed by atoms with Gasteiger partial charge in [-0.1, -0.05) is 22.9 Å². The Balaban J connectivity index is 2.22. The number of halogens is 1. The minimum Gasteiger partial charge on any atom is -0.493 e. The molecular formula is C14H20BrNO3. The minimum atomic E-state index is -0.845. The van der Waals surface area contributed by atoms with E-state index < -0.39 is 5.60 Å². The van der Waals surface area contributed by atoms with Gasteiger partial charge in [-0.05, 0) is 37.6 Å². The molecule has 0 aromatic heterocycles. The number of aliphatic hydroxyl groups is 1. The lowest BCUT2D eigenvalue weighted by atomic mass is 10.0. The van der Waals surface area contributed by atoms with E-state index in [9.17, 15) is 9.90 Å². The molecule has 0 radical (unpaired) electrons. The number of rotatable bonds is 7. The second kappa shape index (κ2) is 7.50. The van der Waals surface area contributed by atoms with E-state index in [0.717, 1.165) is 10.2 Å². The van der Waals surface area contributed by atoms with Crippen molar-refractivity contribution in [2.75, 3.05) is 13.2 Å². The molecule has 1 unspecified atom stereocenters. The smallest absolute Gasteiger partial charge is 0.223 e. The quantitative estimate of drug-likeness (QED) is 0.808. The van der Waals surface area contributed by atoms with Crippen molar-refractivity contribution in [3.63, 3.8) is 0 Å². The average molecular weight is 330 g/mol. The van der Waals surface area contributed by atoms with Gasteiger partial charge in [-0.2, -0.15) is 0 Å². The number of carbonyl (C=O) groups excluding carboxylic acids is 1. The molecule has 2 N–H and O–H groups in total. The Labute approximate surface area is 122 Å². The molecule has 4 nitrogen and oxygen atoms in total. The first-order valence-corrected chi connectivity index (χ1v) is 7.10. The summed E-state index contributed by atoms with van der Waals surface area (Å²) in [6.45, 7) is 4.16. The van der Waals surface area contributed by atoms with Gasteiger partial charge in [-0.3, -0.25) is 4.79 Å². The maximum Gasteiger partial charge on any atom is 0.223 e. The zero-order valence-corrected chi connectivity index (χ0v) is 12.9. The standard InChI is InChI=1S/C14H20BrNO3/c1-3-14(2,18)10-16-13(17)8-9-19-12-6-4-11(15)5-7-12/h4-7,18H,3,8-10H2,1-2H3,(H,16,17). The summed E-state index contributed by atoms with van der Waals surface area (Å²) in [6.07, 6.45) is 0.874. The van der Waals surface area contributed by atoms with Crippen LogP contribution >= 0.6 is 15.9 Å². The molecule has 19 heavy (non-hydrogen) atoms. The molecule has 1 aromatic carbocycles. The molecule has 0 aliphatic carbocycles. The predicted octanol–water partition coefficient (Wildman–Crippen LogP) is 2.50. The van der Waals surface area contributed by atoms with Crippen LogP contribution < -0.4 is 10.1 Å². The van der Waals surface area contributed by atoms with Crippen LogP contribution in [-0.4, -0.2) is 29.8 Å². The van der Waals surface area contributed by atoms with Crippen LogP contribution in [-0.2, 0) is 4.79 Å². The van der Waals surface area contributed by atoms with Crippen LogP contribution in [0.5, 0.6) is 5.75 Å². The molecule has 0 bridgehead atoms. The van der Waals surface area contributed by atoms with Crippen molar-refractivity contribution >= 4 is 21.8 Å². The van der Waals surface area contributed by atoms with Gasteiger partial charge in [0.2, 0.25) is 5.91 Å². The van der Waals surface area contributed by atoms with E-state index >= 15 is 0 Å². The molecule has 1 amide bonds. The number of hydrogen-bond acceptors (Lipinski definition) is 3. The summed E-state index contributed by atoms with van der Waals surface area (Å²) in [5.74, 6) is 0.613. The molecule has 1 aromatic rings. The highest BCUT2D eigenvalue weighted by Gasteiger charge is 2.18. The minimum absolute atomic E-state index is 0.120. The first-order valence-electron chi connectivity index (χ1n) is 6.30. The lowest BCUT2D eigenvalue weighted by Crippen LogP contribution is -2.40. The monoisotopic (exact) mass is 329 g/mol. The summed E-state index contributed by atoms with van der Waals surface area (Å²) < 4.78 is 6.43. The molecule has 0 heterocycles. The summed E-state index contributed by atoms with van der Waals surface area (Å²) in [5, 5.41) is 12.4.